The first-order valence-electron chi connectivity index (χ1n) is 5.98. The van der Waals surface area contributed by atoms with Gasteiger partial charge < -0.3 is 5.11 Å². The molecule has 0 aromatic rings. The zero-order valence-electron chi connectivity index (χ0n) is 9.84. The van der Waals surface area contributed by atoms with Crippen molar-refractivity contribution in [3.63, 3.8) is 0 Å². The van der Waals surface area contributed by atoms with E-state index in [-0.39, 0.29) is 11.3 Å². The van der Waals surface area contributed by atoms with E-state index < -0.39 is 5.97 Å². The van der Waals surface area contributed by atoms with E-state index in [2.05, 4.69) is 6.92 Å². The van der Waals surface area contributed by atoms with Gasteiger partial charge in [0.2, 0.25) is 0 Å². The average Bonchev–Trinajstić information content (AvgIpc) is 2.21. The number of aliphatic carboxylic acids is 1. The highest BCUT2D eigenvalue weighted by atomic mass is 35.5. The standard InChI is InChI=1S/C12H23ClO2/c1-3-5-6-7-8-10(12(14)15)9-11(13)4-2/h10-11H,3-9H2,1-2H3,(H,14,15). The SMILES string of the molecule is CCCCCCC(CC(Cl)CC)C(=O)O. The molecule has 1 N–H and O–H groups in total. The Bertz CT molecular complexity index is 171. The third-order valence-corrected chi connectivity index (χ3v) is 3.23. The van der Waals surface area contributed by atoms with Crippen molar-refractivity contribution in [2.24, 2.45) is 5.92 Å². The first-order valence-corrected chi connectivity index (χ1v) is 6.42. The third kappa shape index (κ3) is 7.66. The van der Waals surface area contributed by atoms with Crippen LogP contribution in [0.5, 0.6) is 0 Å². The Labute approximate surface area is 98.0 Å². The molecular formula is C12H23ClO2. The summed E-state index contributed by atoms with van der Waals surface area (Å²) in [7, 11) is 0. The Kier molecular flexibility index (Phi) is 8.88. The molecule has 0 saturated carbocycles. The van der Waals surface area contributed by atoms with Gasteiger partial charge in [-0.15, -0.1) is 11.6 Å². The minimum absolute atomic E-state index is 0.0114. The molecule has 3 heteroatoms. The van der Waals surface area contributed by atoms with Crippen LogP contribution in [0.4, 0.5) is 0 Å². The van der Waals surface area contributed by atoms with Gasteiger partial charge in [0.25, 0.3) is 0 Å². The van der Waals surface area contributed by atoms with Crippen molar-refractivity contribution < 1.29 is 9.90 Å². The highest BCUT2D eigenvalue weighted by molar-refractivity contribution is 6.20. The van der Waals surface area contributed by atoms with Crippen LogP contribution in [0, 0.1) is 5.92 Å². The molecule has 2 nitrogen and oxygen atoms in total. The maximum atomic E-state index is 11.0. The number of carbonyl (C=O) groups is 1. The fraction of sp³-hybridized carbons (Fsp3) is 0.917. The summed E-state index contributed by atoms with van der Waals surface area (Å²) in [5.74, 6) is -0.935. The first kappa shape index (κ1) is 14.8. The lowest BCUT2D eigenvalue weighted by molar-refractivity contribution is -0.142. The van der Waals surface area contributed by atoms with E-state index >= 15 is 0 Å². The number of unbranched alkanes of at least 4 members (excludes halogenated alkanes) is 3. The van der Waals surface area contributed by atoms with Crippen molar-refractivity contribution in [3.8, 4) is 0 Å². The van der Waals surface area contributed by atoms with Crippen LogP contribution >= 0.6 is 11.6 Å². The summed E-state index contributed by atoms with van der Waals surface area (Å²) in [6.07, 6.45) is 6.77. The van der Waals surface area contributed by atoms with Crippen molar-refractivity contribution in [1.82, 2.24) is 0 Å². The Morgan fingerprint density at radius 2 is 1.93 bits per heavy atom. The third-order valence-electron chi connectivity index (χ3n) is 2.74. The Morgan fingerprint density at radius 3 is 2.40 bits per heavy atom. The van der Waals surface area contributed by atoms with Gasteiger partial charge in [-0.2, -0.15) is 0 Å². The van der Waals surface area contributed by atoms with Crippen LogP contribution in [-0.4, -0.2) is 16.5 Å². The maximum absolute atomic E-state index is 11.0. The molecular weight excluding hydrogens is 212 g/mol. The van der Waals surface area contributed by atoms with Gasteiger partial charge in [0.05, 0.1) is 5.92 Å². The van der Waals surface area contributed by atoms with Crippen LogP contribution in [0.3, 0.4) is 0 Å². The molecule has 0 amide bonds. The van der Waals surface area contributed by atoms with Crippen molar-refractivity contribution >= 4 is 17.6 Å². The predicted molar refractivity (Wildman–Crippen MR) is 64.4 cm³/mol. The van der Waals surface area contributed by atoms with E-state index in [0.29, 0.717) is 6.42 Å². The quantitative estimate of drug-likeness (QED) is 0.483. The van der Waals surface area contributed by atoms with Gasteiger partial charge in [0.15, 0.2) is 0 Å². The summed E-state index contributed by atoms with van der Waals surface area (Å²) >= 11 is 5.98. The van der Waals surface area contributed by atoms with Crippen molar-refractivity contribution in [1.29, 1.82) is 0 Å². The molecule has 0 spiro atoms. The molecule has 0 heterocycles. The van der Waals surface area contributed by atoms with E-state index in [9.17, 15) is 4.79 Å². The first-order chi connectivity index (χ1) is 7.11. The summed E-state index contributed by atoms with van der Waals surface area (Å²) in [6.45, 7) is 4.15. The average molecular weight is 235 g/mol. The summed E-state index contributed by atoms with van der Waals surface area (Å²) in [4.78, 5) is 11.0. The molecule has 0 rings (SSSR count). The fourth-order valence-corrected chi connectivity index (χ4v) is 1.85. The van der Waals surface area contributed by atoms with Gasteiger partial charge in [-0.1, -0.05) is 39.5 Å². The van der Waals surface area contributed by atoms with E-state index in [1.54, 1.807) is 0 Å². The molecule has 15 heavy (non-hydrogen) atoms. The predicted octanol–water partition coefficient (Wildman–Crippen LogP) is 4.07. The molecule has 90 valence electrons. The van der Waals surface area contributed by atoms with Crippen LogP contribution in [0.25, 0.3) is 0 Å². The van der Waals surface area contributed by atoms with E-state index in [1.807, 2.05) is 6.92 Å². The van der Waals surface area contributed by atoms with Crippen LogP contribution in [0.1, 0.15) is 58.8 Å². The molecule has 0 saturated heterocycles. The Balaban J connectivity index is 3.78. The molecule has 0 fully saturated rings. The maximum Gasteiger partial charge on any atom is 0.306 e. The zero-order valence-corrected chi connectivity index (χ0v) is 10.6. The second kappa shape index (κ2) is 9.02. The van der Waals surface area contributed by atoms with Crippen LogP contribution < -0.4 is 0 Å². The molecule has 2 atom stereocenters. The highest BCUT2D eigenvalue weighted by Crippen LogP contribution is 2.20. The van der Waals surface area contributed by atoms with Gasteiger partial charge in [-0.05, 0) is 19.3 Å². The molecule has 2 unspecified atom stereocenters. The minimum Gasteiger partial charge on any atom is -0.481 e. The lowest BCUT2D eigenvalue weighted by atomic mass is 9.95. The largest absolute Gasteiger partial charge is 0.481 e. The fourth-order valence-electron chi connectivity index (χ4n) is 1.64. The van der Waals surface area contributed by atoms with Gasteiger partial charge >= 0.3 is 5.97 Å². The summed E-state index contributed by atoms with van der Waals surface area (Å²) in [6, 6.07) is 0. The second-order valence-corrected chi connectivity index (χ2v) is 4.74. The number of hydrogen-bond acceptors (Lipinski definition) is 1. The normalized spacial score (nSPS) is 14.9. The summed E-state index contributed by atoms with van der Waals surface area (Å²) in [5, 5.41) is 9.03. The minimum atomic E-state index is -0.689. The van der Waals surface area contributed by atoms with Gasteiger partial charge in [-0.3, -0.25) is 4.79 Å². The second-order valence-electron chi connectivity index (χ2n) is 4.13. The zero-order chi connectivity index (χ0) is 11.7. The topological polar surface area (TPSA) is 37.3 Å². The van der Waals surface area contributed by atoms with Crippen LogP contribution in [-0.2, 0) is 4.79 Å². The van der Waals surface area contributed by atoms with Crippen LogP contribution in [0.15, 0.2) is 0 Å². The number of carboxylic acid groups (broad SMARTS) is 1. The number of alkyl halides is 1. The molecule has 0 radical (unpaired) electrons. The van der Waals surface area contributed by atoms with Gasteiger partial charge in [0.1, 0.15) is 0 Å². The lowest BCUT2D eigenvalue weighted by Crippen LogP contribution is -2.17. The van der Waals surface area contributed by atoms with E-state index in [4.69, 9.17) is 16.7 Å². The molecule has 0 aliphatic rings. The molecule has 0 aromatic carbocycles. The molecule has 0 aliphatic carbocycles. The Hall–Kier alpha value is -0.240. The van der Waals surface area contributed by atoms with E-state index in [1.165, 1.54) is 12.8 Å². The molecule has 0 bridgehead atoms. The number of hydrogen-bond donors (Lipinski definition) is 1. The molecule has 0 aliphatic heterocycles. The lowest BCUT2D eigenvalue weighted by Gasteiger charge is -2.14. The van der Waals surface area contributed by atoms with Gasteiger partial charge in [0, 0.05) is 5.38 Å². The summed E-state index contributed by atoms with van der Waals surface area (Å²) < 4.78 is 0. The monoisotopic (exact) mass is 234 g/mol. The number of halogens is 1. The number of rotatable bonds is 9. The van der Waals surface area contributed by atoms with E-state index in [0.717, 1.165) is 25.7 Å². The number of carboxylic acids is 1. The van der Waals surface area contributed by atoms with Crippen LogP contribution in [0.2, 0.25) is 0 Å². The highest BCUT2D eigenvalue weighted by Gasteiger charge is 2.19. The van der Waals surface area contributed by atoms with Crippen molar-refractivity contribution in [3.05, 3.63) is 0 Å². The molecule has 0 aromatic heterocycles. The summed E-state index contributed by atoms with van der Waals surface area (Å²) in [5.41, 5.74) is 0. The smallest absolute Gasteiger partial charge is 0.306 e. The Morgan fingerprint density at radius 1 is 1.27 bits per heavy atom. The van der Waals surface area contributed by atoms with Crippen molar-refractivity contribution in [2.45, 2.75) is 64.2 Å². The van der Waals surface area contributed by atoms with Crippen molar-refractivity contribution in [2.75, 3.05) is 0 Å². The van der Waals surface area contributed by atoms with Gasteiger partial charge in [-0.25, -0.2) is 0 Å².